The molecule has 118 valence electrons. The van der Waals surface area contributed by atoms with Crippen LogP contribution in [0.15, 0.2) is 10.6 Å². The number of rotatable bonds is 5. The molecule has 0 radical (unpaired) electrons. The van der Waals surface area contributed by atoms with Crippen LogP contribution < -0.4 is 5.32 Å². The summed E-state index contributed by atoms with van der Waals surface area (Å²) < 4.78 is 5.12. The van der Waals surface area contributed by atoms with E-state index in [9.17, 15) is 9.90 Å². The van der Waals surface area contributed by atoms with Gasteiger partial charge in [-0.1, -0.05) is 39.3 Å². The van der Waals surface area contributed by atoms with Crippen molar-refractivity contribution in [1.82, 2.24) is 10.1 Å². The van der Waals surface area contributed by atoms with Crippen molar-refractivity contribution < 1.29 is 14.4 Å². The minimum Gasteiger partial charge on any atom is -0.387 e. The Morgan fingerprint density at radius 1 is 1.52 bits per heavy atom. The Bertz CT molecular complexity index is 499. The van der Waals surface area contributed by atoms with E-state index >= 15 is 0 Å². The van der Waals surface area contributed by atoms with Gasteiger partial charge in [0.1, 0.15) is 0 Å². The molecule has 0 atom stereocenters. The SMILES string of the molecule is CCCC1(O)CN(CC(=O)Nc2cc(C(C)(C)C)no2)C1. The molecule has 1 amide bonds. The van der Waals surface area contributed by atoms with Crippen molar-refractivity contribution in [2.75, 3.05) is 25.0 Å². The zero-order valence-electron chi connectivity index (χ0n) is 13.3. The number of nitrogens with one attached hydrogen (secondary N) is 1. The van der Waals surface area contributed by atoms with Crippen molar-refractivity contribution in [3.05, 3.63) is 11.8 Å². The lowest BCUT2D eigenvalue weighted by Gasteiger charge is -2.46. The summed E-state index contributed by atoms with van der Waals surface area (Å²) in [5.74, 6) is 0.222. The maximum atomic E-state index is 11.9. The third-order valence-electron chi connectivity index (χ3n) is 3.66. The Balaban J connectivity index is 1.80. The molecule has 6 nitrogen and oxygen atoms in total. The molecular weight excluding hydrogens is 270 g/mol. The second-order valence-corrected chi connectivity index (χ2v) is 6.99. The molecule has 6 heteroatoms. The standard InChI is InChI=1S/C15H25N3O3/c1-5-6-15(20)9-18(10-15)8-12(19)16-13-7-11(17-21-13)14(2,3)4/h7,20H,5-6,8-10H2,1-4H3,(H,16,19). The molecule has 1 aliphatic heterocycles. The molecule has 1 aromatic rings. The highest BCUT2D eigenvalue weighted by Crippen LogP contribution is 2.26. The molecular formula is C15H25N3O3. The monoisotopic (exact) mass is 295 g/mol. The molecule has 1 aromatic heterocycles. The van der Waals surface area contributed by atoms with Gasteiger partial charge in [0.05, 0.1) is 17.8 Å². The van der Waals surface area contributed by atoms with E-state index in [0.717, 1.165) is 18.5 Å². The zero-order chi connectivity index (χ0) is 15.7. The quantitative estimate of drug-likeness (QED) is 0.865. The van der Waals surface area contributed by atoms with Crippen molar-refractivity contribution in [3.8, 4) is 0 Å². The van der Waals surface area contributed by atoms with E-state index < -0.39 is 5.60 Å². The van der Waals surface area contributed by atoms with Crippen LogP contribution in [0.3, 0.4) is 0 Å². The summed E-state index contributed by atoms with van der Waals surface area (Å²) in [7, 11) is 0. The van der Waals surface area contributed by atoms with Gasteiger partial charge in [-0.05, 0) is 6.42 Å². The summed E-state index contributed by atoms with van der Waals surface area (Å²) in [5, 5.41) is 16.7. The summed E-state index contributed by atoms with van der Waals surface area (Å²) in [5.41, 5.74) is 0.0837. The van der Waals surface area contributed by atoms with Gasteiger partial charge in [0.2, 0.25) is 11.8 Å². The number of aliphatic hydroxyl groups is 1. The number of aromatic nitrogens is 1. The van der Waals surface area contributed by atoms with Crippen LogP contribution >= 0.6 is 0 Å². The number of carbonyl (C=O) groups is 1. The minimum atomic E-state index is -0.610. The topological polar surface area (TPSA) is 78.6 Å². The lowest BCUT2D eigenvalue weighted by molar-refractivity contribution is -0.129. The Labute approximate surface area is 125 Å². The molecule has 0 aromatic carbocycles. The number of likely N-dealkylation sites (tertiary alicyclic amines) is 1. The Hall–Kier alpha value is -1.40. The number of β-amino-alcohol motifs (C(OH)–C–C–N with tert-alkyl or cyclic N) is 1. The predicted molar refractivity (Wildman–Crippen MR) is 80.1 cm³/mol. The normalized spacial score (nSPS) is 18.3. The summed E-state index contributed by atoms with van der Waals surface area (Å²) in [6, 6.07) is 1.75. The molecule has 0 saturated carbocycles. The third-order valence-corrected chi connectivity index (χ3v) is 3.66. The van der Waals surface area contributed by atoms with Crippen LogP contribution in [-0.4, -0.2) is 46.3 Å². The van der Waals surface area contributed by atoms with Gasteiger partial charge in [0.15, 0.2) is 0 Å². The van der Waals surface area contributed by atoms with Crippen molar-refractivity contribution in [2.24, 2.45) is 0 Å². The van der Waals surface area contributed by atoms with Crippen LogP contribution in [0.5, 0.6) is 0 Å². The largest absolute Gasteiger partial charge is 0.387 e. The van der Waals surface area contributed by atoms with Gasteiger partial charge in [0, 0.05) is 24.6 Å². The van der Waals surface area contributed by atoms with Gasteiger partial charge in [-0.25, -0.2) is 0 Å². The fraction of sp³-hybridized carbons (Fsp3) is 0.733. The highest BCUT2D eigenvalue weighted by molar-refractivity contribution is 5.91. The Kier molecular flexibility index (Phi) is 4.39. The molecule has 0 aliphatic carbocycles. The van der Waals surface area contributed by atoms with E-state index in [1.165, 1.54) is 0 Å². The fourth-order valence-corrected chi connectivity index (χ4v) is 2.59. The number of hydrogen-bond donors (Lipinski definition) is 2. The average molecular weight is 295 g/mol. The van der Waals surface area contributed by atoms with Gasteiger partial charge in [-0.2, -0.15) is 0 Å². The number of nitrogens with zero attached hydrogens (tertiary/aromatic N) is 2. The molecule has 2 rings (SSSR count). The fourth-order valence-electron chi connectivity index (χ4n) is 2.59. The first kappa shape index (κ1) is 16.0. The summed E-state index contributed by atoms with van der Waals surface area (Å²) in [6.07, 6.45) is 1.73. The molecule has 1 saturated heterocycles. The second-order valence-electron chi connectivity index (χ2n) is 6.99. The van der Waals surface area contributed by atoms with Crippen molar-refractivity contribution >= 4 is 11.8 Å². The van der Waals surface area contributed by atoms with Crippen LogP contribution in [0, 0.1) is 0 Å². The van der Waals surface area contributed by atoms with Crippen LogP contribution in [0.25, 0.3) is 0 Å². The zero-order valence-corrected chi connectivity index (χ0v) is 13.3. The molecule has 21 heavy (non-hydrogen) atoms. The second kappa shape index (κ2) is 5.77. The van der Waals surface area contributed by atoms with E-state index in [1.54, 1.807) is 6.07 Å². The van der Waals surface area contributed by atoms with Gasteiger partial charge in [-0.3, -0.25) is 15.0 Å². The van der Waals surface area contributed by atoms with Gasteiger partial charge >= 0.3 is 0 Å². The van der Waals surface area contributed by atoms with Gasteiger partial charge in [0.25, 0.3) is 0 Å². The molecule has 0 bridgehead atoms. The number of hydrogen-bond acceptors (Lipinski definition) is 5. The van der Waals surface area contributed by atoms with Gasteiger partial charge < -0.3 is 9.63 Å². The Morgan fingerprint density at radius 2 is 2.19 bits per heavy atom. The van der Waals surface area contributed by atoms with E-state index in [0.29, 0.717) is 19.0 Å². The van der Waals surface area contributed by atoms with E-state index in [1.807, 2.05) is 32.6 Å². The van der Waals surface area contributed by atoms with Crippen LogP contribution in [0.1, 0.15) is 46.2 Å². The van der Waals surface area contributed by atoms with E-state index in [-0.39, 0.29) is 17.9 Å². The maximum Gasteiger partial charge on any atom is 0.240 e. The summed E-state index contributed by atoms with van der Waals surface area (Å²) in [4.78, 5) is 13.8. The van der Waals surface area contributed by atoms with E-state index in [4.69, 9.17) is 4.52 Å². The number of anilines is 1. The molecule has 2 heterocycles. The lowest BCUT2D eigenvalue weighted by Crippen LogP contribution is -2.62. The highest BCUT2D eigenvalue weighted by atomic mass is 16.5. The first-order valence-electron chi connectivity index (χ1n) is 7.44. The number of amides is 1. The molecule has 1 aliphatic rings. The maximum absolute atomic E-state index is 11.9. The van der Waals surface area contributed by atoms with Crippen LogP contribution in [-0.2, 0) is 10.2 Å². The minimum absolute atomic E-state index is 0.111. The van der Waals surface area contributed by atoms with Crippen molar-refractivity contribution in [3.63, 3.8) is 0 Å². The molecule has 0 unspecified atom stereocenters. The molecule has 2 N–H and O–H groups in total. The van der Waals surface area contributed by atoms with Crippen molar-refractivity contribution in [1.29, 1.82) is 0 Å². The summed E-state index contributed by atoms with van der Waals surface area (Å²) >= 11 is 0. The predicted octanol–water partition coefficient (Wildman–Crippen LogP) is 1.76. The molecule has 0 spiro atoms. The smallest absolute Gasteiger partial charge is 0.240 e. The lowest BCUT2D eigenvalue weighted by atomic mass is 9.89. The van der Waals surface area contributed by atoms with Crippen molar-refractivity contribution in [2.45, 2.75) is 51.6 Å². The first-order chi connectivity index (χ1) is 9.72. The van der Waals surface area contributed by atoms with Crippen LogP contribution in [0.4, 0.5) is 5.88 Å². The average Bonchev–Trinajstić information content (AvgIpc) is 2.75. The van der Waals surface area contributed by atoms with Gasteiger partial charge in [-0.15, -0.1) is 0 Å². The highest BCUT2D eigenvalue weighted by Gasteiger charge is 2.40. The first-order valence-corrected chi connectivity index (χ1v) is 7.44. The third kappa shape index (κ3) is 4.04. The van der Waals surface area contributed by atoms with Crippen LogP contribution in [0.2, 0.25) is 0 Å². The summed E-state index contributed by atoms with van der Waals surface area (Å²) in [6.45, 7) is 9.51. The van der Waals surface area contributed by atoms with E-state index in [2.05, 4.69) is 10.5 Å². The molecule has 1 fully saturated rings. The number of carbonyl (C=O) groups excluding carboxylic acids is 1. The Morgan fingerprint density at radius 3 is 2.71 bits per heavy atom.